The smallest absolute Gasteiger partial charge is 0.325 e. The van der Waals surface area contributed by atoms with Crippen molar-refractivity contribution in [3.05, 3.63) is 5.82 Å². The summed E-state index contributed by atoms with van der Waals surface area (Å²) in [5, 5.41) is 19.6. The number of carboxylic acid groups (broad SMARTS) is 1. The third-order valence-electron chi connectivity index (χ3n) is 2.59. The van der Waals surface area contributed by atoms with Crippen LogP contribution in [0.4, 0.5) is 0 Å². The summed E-state index contributed by atoms with van der Waals surface area (Å²) in [5.41, 5.74) is 0. The number of carbonyl (C=O) groups is 1. The topological polar surface area (TPSA) is 80.9 Å². The predicted octanol–water partition coefficient (Wildman–Crippen LogP) is 0.100. The van der Waals surface area contributed by atoms with Crippen molar-refractivity contribution in [2.45, 2.75) is 32.2 Å². The van der Waals surface area contributed by atoms with Crippen LogP contribution < -0.4 is 0 Å². The molecular formula is C8H12N4O2. The van der Waals surface area contributed by atoms with E-state index in [0.717, 1.165) is 6.42 Å². The van der Waals surface area contributed by atoms with Crippen molar-refractivity contribution >= 4 is 5.97 Å². The second-order valence-electron chi connectivity index (χ2n) is 3.65. The third-order valence-corrected chi connectivity index (χ3v) is 2.59. The predicted molar refractivity (Wildman–Crippen MR) is 46.5 cm³/mol. The Morgan fingerprint density at radius 2 is 2.36 bits per heavy atom. The molecule has 0 spiro atoms. The second-order valence-corrected chi connectivity index (χ2v) is 3.65. The third kappa shape index (κ3) is 1.89. The standard InChI is InChI=1S/C8H12N4O2/c13-8(14)5-12-7(9-10-11-12)4-6-2-1-3-6/h6H,1-5H2,(H,13,14). The fourth-order valence-electron chi connectivity index (χ4n) is 1.58. The van der Waals surface area contributed by atoms with Crippen LogP contribution in [-0.2, 0) is 17.8 Å². The van der Waals surface area contributed by atoms with Gasteiger partial charge in [0.25, 0.3) is 0 Å². The number of aliphatic carboxylic acids is 1. The Balaban J connectivity index is 2.00. The van der Waals surface area contributed by atoms with E-state index in [9.17, 15) is 4.79 Å². The molecule has 1 aliphatic rings. The number of carboxylic acids is 1. The van der Waals surface area contributed by atoms with E-state index >= 15 is 0 Å². The summed E-state index contributed by atoms with van der Waals surface area (Å²) in [6, 6.07) is 0. The summed E-state index contributed by atoms with van der Waals surface area (Å²) in [6.45, 7) is -0.144. The van der Waals surface area contributed by atoms with Crippen LogP contribution in [0.5, 0.6) is 0 Å². The molecule has 0 amide bonds. The number of nitrogens with zero attached hydrogens (tertiary/aromatic N) is 4. The van der Waals surface area contributed by atoms with Crippen LogP contribution >= 0.6 is 0 Å². The van der Waals surface area contributed by atoms with Gasteiger partial charge in [-0.3, -0.25) is 4.79 Å². The zero-order valence-corrected chi connectivity index (χ0v) is 7.76. The van der Waals surface area contributed by atoms with Crippen molar-refractivity contribution in [2.24, 2.45) is 5.92 Å². The molecule has 1 fully saturated rings. The molecule has 1 aliphatic carbocycles. The molecule has 0 bridgehead atoms. The van der Waals surface area contributed by atoms with Gasteiger partial charge >= 0.3 is 5.97 Å². The minimum absolute atomic E-state index is 0.144. The molecule has 76 valence electrons. The highest BCUT2D eigenvalue weighted by Crippen LogP contribution is 2.28. The molecule has 0 aliphatic heterocycles. The van der Waals surface area contributed by atoms with Gasteiger partial charge in [-0.25, -0.2) is 4.68 Å². The van der Waals surface area contributed by atoms with Crippen LogP contribution in [0.15, 0.2) is 0 Å². The lowest BCUT2D eigenvalue weighted by Crippen LogP contribution is -2.19. The van der Waals surface area contributed by atoms with E-state index in [4.69, 9.17) is 5.11 Å². The van der Waals surface area contributed by atoms with Gasteiger partial charge < -0.3 is 5.11 Å². The summed E-state index contributed by atoms with van der Waals surface area (Å²) < 4.78 is 1.36. The lowest BCUT2D eigenvalue weighted by molar-refractivity contribution is -0.138. The van der Waals surface area contributed by atoms with E-state index in [-0.39, 0.29) is 6.54 Å². The average Bonchev–Trinajstić information content (AvgIpc) is 2.44. The highest BCUT2D eigenvalue weighted by molar-refractivity contribution is 5.66. The summed E-state index contributed by atoms with van der Waals surface area (Å²) in [6.07, 6.45) is 4.49. The molecule has 6 heteroatoms. The van der Waals surface area contributed by atoms with E-state index in [1.807, 2.05) is 0 Å². The maximum atomic E-state index is 10.5. The molecule has 6 nitrogen and oxygen atoms in total. The zero-order chi connectivity index (χ0) is 9.97. The Bertz CT molecular complexity index is 332. The Kier molecular flexibility index (Phi) is 2.43. The van der Waals surface area contributed by atoms with Crippen molar-refractivity contribution in [1.29, 1.82) is 0 Å². The molecule has 1 heterocycles. The molecular weight excluding hydrogens is 184 g/mol. The highest BCUT2D eigenvalue weighted by Gasteiger charge is 2.21. The molecule has 14 heavy (non-hydrogen) atoms. The van der Waals surface area contributed by atoms with Gasteiger partial charge in [-0.1, -0.05) is 19.3 Å². The Morgan fingerprint density at radius 1 is 1.57 bits per heavy atom. The lowest BCUT2D eigenvalue weighted by Gasteiger charge is -2.24. The first-order valence-electron chi connectivity index (χ1n) is 4.72. The van der Waals surface area contributed by atoms with Gasteiger partial charge in [0.05, 0.1) is 0 Å². The van der Waals surface area contributed by atoms with Gasteiger partial charge in [0.15, 0.2) is 5.82 Å². The zero-order valence-electron chi connectivity index (χ0n) is 7.76. The van der Waals surface area contributed by atoms with Crippen LogP contribution in [-0.4, -0.2) is 31.3 Å². The quantitative estimate of drug-likeness (QED) is 0.738. The maximum absolute atomic E-state index is 10.5. The van der Waals surface area contributed by atoms with Gasteiger partial charge in [0.1, 0.15) is 6.54 Å². The fraction of sp³-hybridized carbons (Fsp3) is 0.750. The Labute approximate surface area is 80.9 Å². The summed E-state index contributed by atoms with van der Waals surface area (Å²) in [4.78, 5) is 10.5. The molecule has 1 aromatic heterocycles. The first-order chi connectivity index (χ1) is 6.75. The van der Waals surface area contributed by atoms with E-state index < -0.39 is 5.97 Å². The number of hydrogen-bond acceptors (Lipinski definition) is 4. The summed E-state index contributed by atoms with van der Waals surface area (Å²) in [7, 11) is 0. The van der Waals surface area contributed by atoms with Gasteiger partial charge in [0, 0.05) is 6.42 Å². The van der Waals surface area contributed by atoms with E-state index in [2.05, 4.69) is 15.5 Å². The second kappa shape index (κ2) is 3.73. The Morgan fingerprint density at radius 3 is 2.93 bits per heavy atom. The number of rotatable bonds is 4. The van der Waals surface area contributed by atoms with E-state index in [1.54, 1.807) is 0 Å². The van der Waals surface area contributed by atoms with E-state index in [0.29, 0.717) is 11.7 Å². The first kappa shape index (κ1) is 9.11. The van der Waals surface area contributed by atoms with Crippen LogP contribution in [0.2, 0.25) is 0 Å². The molecule has 0 radical (unpaired) electrons. The van der Waals surface area contributed by atoms with Crippen molar-refractivity contribution in [2.75, 3.05) is 0 Å². The first-order valence-corrected chi connectivity index (χ1v) is 4.72. The monoisotopic (exact) mass is 196 g/mol. The number of hydrogen-bond donors (Lipinski definition) is 1. The SMILES string of the molecule is O=C(O)Cn1nnnc1CC1CCC1. The van der Waals surface area contributed by atoms with Crippen molar-refractivity contribution in [1.82, 2.24) is 20.2 Å². The number of tetrazole rings is 1. The average molecular weight is 196 g/mol. The maximum Gasteiger partial charge on any atom is 0.325 e. The molecule has 0 aromatic carbocycles. The summed E-state index contributed by atoms with van der Waals surface area (Å²) in [5.74, 6) is 0.429. The molecule has 0 atom stereocenters. The molecule has 0 saturated heterocycles. The molecule has 0 unspecified atom stereocenters. The van der Waals surface area contributed by atoms with Crippen molar-refractivity contribution in [3.8, 4) is 0 Å². The normalized spacial score (nSPS) is 16.6. The van der Waals surface area contributed by atoms with Gasteiger partial charge in [-0.2, -0.15) is 0 Å². The Hall–Kier alpha value is -1.46. The van der Waals surface area contributed by atoms with E-state index in [1.165, 1.54) is 23.9 Å². The minimum atomic E-state index is -0.910. The fourth-order valence-corrected chi connectivity index (χ4v) is 1.58. The van der Waals surface area contributed by atoms with Crippen molar-refractivity contribution < 1.29 is 9.90 Å². The molecule has 1 saturated carbocycles. The molecule has 2 rings (SSSR count). The van der Waals surface area contributed by atoms with Gasteiger partial charge in [0.2, 0.25) is 0 Å². The van der Waals surface area contributed by atoms with Crippen LogP contribution in [0.25, 0.3) is 0 Å². The lowest BCUT2D eigenvalue weighted by atomic mass is 9.83. The van der Waals surface area contributed by atoms with Crippen LogP contribution in [0.1, 0.15) is 25.1 Å². The van der Waals surface area contributed by atoms with Gasteiger partial charge in [-0.15, -0.1) is 5.10 Å². The van der Waals surface area contributed by atoms with Crippen molar-refractivity contribution in [3.63, 3.8) is 0 Å². The van der Waals surface area contributed by atoms with Gasteiger partial charge in [-0.05, 0) is 16.3 Å². The van der Waals surface area contributed by atoms with Crippen LogP contribution in [0.3, 0.4) is 0 Å². The minimum Gasteiger partial charge on any atom is -0.480 e. The molecule has 1 N–H and O–H groups in total. The van der Waals surface area contributed by atoms with Crippen LogP contribution in [0, 0.1) is 5.92 Å². The largest absolute Gasteiger partial charge is 0.480 e. The summed E-state index contributed by atoms with van der Waals surface area (Å²) >= 11 is 0. The molecule has 1 aromatic rings. The highest BCUT2D eigenvalue weighted by atomic mass is 16.4. The number of aromatic nitrogens is 4.